The van der Waals surface area contributed by atoms with Crippen LogP contribution in [-0.4, -0.2) is 23.4 Å². The highest BCUT2D eigenvalue weighted by molar-refractivity contribution is 6.07. The van der Waals surface area contributed by atoms with Crippen molar-refractivity contribution in [2.45, 2.75) is 25.6 Å². The molecule has 1 fully saturated rings. The number of halogens is 3. The smallest absolute Gasteiger partial charge is 0.387 e. The monoisotopic (exact) mass is 364 g/mol. The number of hydrogen-bond donors (Lipinski definition) is 1. The summed E-state index contributed by atoms with van der Waals surface area (Å²) in [5.74, 6) is -0.955. The largest absolute Gasteiger partial charge is 0.435 e. The van der Waals surface area contributed by atoms with Crippen LogP contribution in [0.3, 0.4) is 0 Å². The van der Waals surface area contributed by atoms with Crippen LogP contribution in [0.1, 0.15) is 18.1 Å². The molecule has 0 spiro atoms. The summed E-state index contributed by atoms with van der Waals surface area (Å²) < 4.78 is 41.7. The molecule has 1 atom stereocenters. The van der Waals surface area contributed by atoms with Crippen LogP contribution < -0.4 is 10.1 Å². The maximum absolute atomic E-state index is 13.0. The lowest BCUT2D eigenvalue weighted by atomic mass is 9.92. The lowest BCUT2D eigenvalue weighted by Crippen LogP contribution is -2.40. The highest BCUT2D eigenvalue weighted by atomic mass is 19.3. The molecule has 2 aromatic carbocycles. The van der Waals surface area contributed by atoms with Crippen molar-refractivity contribution >= 4 is 11.9 Å². The van der Waals surface area contributed by atoms with Gasteiger partial charge in [0, 0.05) is 0 Å². The second kappa shape index (κ2) is 6.70. The molecule has 1 aliphatic rings. The molecular weight excluding hydrogens is 349 g/mol. The van der Waals surface area contributed by atoms with Crippen molar-refractivity contribution in [3.05, 3.63) is 65.5 Å². The molecular formula is C18H15F3N2O3. The maximum Gasteiger partial charge on any atom is 0.387 e. The first-order valence-electron chi connectivity index (χ1n) is 7.73. The summed E-state index contributed by atoms with van der Waals surface area (Å²) in [6.07, 6.45) is 0. The van der Waals surface area contributed by atoms with Gasteiger partial charge in [0.05, 0.1) is 6.54 Å². The van der Waals surface area contributed by atoms with Gasteiger partial charge in [-0.2, -0.15) is 8.78 Å². The molecule has 0 aliphatic carbocycles. The lowest BCUT2D eigenvalue weighted by Gasteiger charge is -2.22. The molecule has 0 radical (unpaired) electrons. The Hall–Kier alpha value is -3.03. The van der Waals surface area contributed by atoms with Crippen LogP contribution in [0, 0.1) is 5.82 Å². The van der Waals surface area contributed by atoms with Crippen molar-refractivity contribution in [1.29, 1.82) is 0 Å². The standard InChI is InChI=1S/C18H15F3N2O3/c1-18(12-4-8-14(9-5-12)26-16(20)21)15(24)23(17(25)22-18)10-11-2-6-13(19)7-3-11/h2-9,16H,10H2,1H3,(H,22,25)/t18-/m1/s1. The third-order valence-electron chi connectivity index (χ3n) is 4.19. The van der Waals surface area contributed by atoms with Crippen LogP contribution in [0.15, 0.2) is 48.5 Å². The van der Waals surface area contributed by atoms with Gasteiger partial charge < -0.3 is 10.1 Å². The minimum Gasteiger partial charge on any atom is -0.435 e. The van der Waals surface area contributed by atoms with E-state index >= 15 is 0 Å². The molecule has 3 rings (SSSR count). The second-order valence-electron chi connectivity index (χ2n) is 5.98. The van der Waals surface area contributed by atoms with Crippen LogP contribution in [0.5, 0.6) is 5.75 Å². The van der Waals surface area contributed by atoms with Gasteiger partial charge in [-0.1, -0.05) is 24.3 Å². The molecule has 26 heavy (non-hydrogen) atoms. The Bertz CT molecular complexity index is 825. The first-order chi connectivity index (χ1) is 12.3. The normalized spacial score (nSPS) is 19.8. The van der Waals surface area contributed by atoms with Gasteiger partial charge in [0.1, 0.15) is 17.1 Å². The van der Waals surface area contributed by atoms with E-state index in [1.807, 2.05) is 0 Å². The topological polar surface area (TPSA) is 58.6 Å². The van der Waals surface area contributed by atoms with Crippen LogP contribution >= 0.6 is 0 Å². The minimum atomic E-state index is -2.95. The molecule has 1 N–H and O–H groups in total. The van der Waals surface area contributed by atoms with Gasteiger partial charge in [0.25, 0.3) is 5.91 Å². The van der Waals surface area contributed by atoms with Crippen molar-refractivity contribution in [2.24, 2.45) is 0 Å². The van der Waals surface area contributed by atoms with Crippen LogP contribution in [0.2, 0.25) is 0 Å². The highest BCUT2D eigenvalue weighted by Crippen LogP contribution is 2.31. The fourth-order valence-electron chi connectivity index (χ4n) is 2.78. The third kappa shape index (κ3) is 3.35. The lowest BCUT2D eigenvalue weighted by molar-refractivity contribution is -0.131. The van der Waals surface area contributed by atoms with Gasteiger partial charge in [-0.05, 0) is 42.3 Å². The summed E-state index contributed by atoms with van der Waals surface area (Å²) in [6, 6.07) is 10.4. The Morgan fingerprint density at radius 3 is 2.27 bits per heavy atom. The van der Waals surface area contributed by atoms with Crippen molar-refractivity contribution in [2.75, 3.05) is 0 Å². The number of hydrogen-bond acceptors (Lipinski definition) is 3. The molecule has 2 aromatic rings. The SMILES string of the molecule is C[C@]1(c2ccc(OC(F)F)cc2)NC(=O)N(Cc2ccc(F)cc2)C1=O. The maximum atomic E-state index is 13.0. The Morgan fingerprint density at radius 1 is 1.08 bits per heavy atom. The van der Waals surface area contributed by atoms with Gasteiger partial charge in [0.2, 0.25) is 0 Å². The van der Waals surface area contributed by atoms with Gasteiger partial charge >= 0.3 is 12.6 Å². The van der Waals surface area contributed by atoms with E-state index in [0.717, 1.165) is 4.90 Å². The van der Waals surface area contributed by atoms with Crippen molar-refractivity contribution in [3.63, 3.8) is 0 Å². The zero-order chi connectivity index (χ0) is 18.9. The fraction of sp³-hybridized carbons (Fsp3) is 0.222. The van der Waals surface area contributed by atoms with Crippen LogP contribution in [0.25, 0.3) is 0 Å². The number of carbonyl (C=O) groups excluding carboxylic acids is 2. The molecule has 3 amide bonds. The van der Waals surface area contributed by atoms with E-state index in [4.69, 9.17) is 0 Å². The molecule has 8 heteroatoms. The number of urea groups is 1. The van der Waals surface area contributed by atoms with E-state index in [0.29, 0.717) is 11.1 Å². The average Bonchev–Trinajstić information content (AvgIpc) is 2.81. The fourth-order valence-corrected chi connectivity index (χ4v) is 2.78. The van der Waals surface area contributed by atoms with Crippen LogP contribution in [-0.2, 0) is 16.9 Å². The molecule has 5 nitrogen and oxygen atoms in total. The molecule has 1 saturated heterocycles. The second-order valence-corrected chi connectivity index (χ2v) is 5.98. The van der Waals surface area contributed by atoms with E-state index in [9.17, 15) is 22.8 Å². The molecule has 0 unspecified atom stereocenters. The summed E-state index contributed by atoms with van der Waals surface area (Å²) in [5, 5.41) is 2.61. The summed E-state index contributed by atoms with van der Waals surface area (Å²) in [4.78, 5) is 26.1. The van der Waals surface area contributed by atoms with E-state index < -0.39 is 29.9 Å². The highest BCUT2D eigenvalue weighted by Gasteiger charge is 2.48. The number of alkyl halides is 2. The average molecular weight is 364 g/mol. The molecule has 0 saturated carbocycles. The summed E-state index contributed by atoms with van der Waals surface area (Å²) in [7, 11) is 0. The van der Waals surface area contributed by atoms with Crippen molar-refractivity contribution in [1.82, 2.24) is 10.2 Å². The molecule has 0 aromatic heterocycles. The number of ether oxygens (including phenoxy) is 1. The summed E-state index contributed by atoms with van der Waals surface area (Å²) >= 11 is 0. The Labute approximate surface area is 147 Å². The number of nitrogens with one attached hydrogen (secondary N) is 1. The Balaban J connectivity index is 1.81. The third-order valence-corrected chi connectivity index (χ3v) is 4.19. The zero-order valence-corrected chi connectivity index (χ0v) is 13.7. The number of carbonyl (C=O) groups is 2. The molecule has 1 aliphatic heterocycles. The first kappa shape index (κ1) is 17.8. The van der Waals surface area contributed by atoms with Gasteiger partial charge in [-0.15, -0.1) is 0 Å². The predicted molar refractivity (Wildman–Crippen MR) is 85.9 cm³/mol. The molecule has 136 valence electrons. The van der Waals surface area contributed by atoms with Gasteiger partial charge in [-0.3, -0.25) is 9.69 Å². The van der Waals surface area contributed by atoms with E-state index in [1.165, 1.54) is 55.5 Å². The van der Waals surface area contributed by atoms with E-state index in [-0.39, 0.29) is 12.3 Å². The molecule has 0 bridgehead atoms. The van der Waals surface area contributed by atoms with E-state index in [2.05, 4.69) is 10.1 Å². The van der Waals surface area contributed by atoms with Crippen LogP contribution in [0.4, 0.5) is 18.0 Å². The molecule has 1 heterocycles. The van der Waals surface area contributed by atoms with Crippen molar-refractivity contribution < 1.29 is 27.5 Å². The van der Waals surface area contributed by atoms with E-state index in [1.54, 1.807) is 0 Å². The number of imide groups is 1. The minimum absolute atomic E-state index is 0.00683. The summed E-state index contributed by atoms with van der Waals surface area (Å²) in [6.45, 7) is -1.43. The van der Waals surface area contributed by atoms with Gasteiger partial charge in [0.15, 0.2) is 0 Å². The summed E-state index contributed by atoms with van der Waals surface area (Å²) in [5.41, 5.74) is -0.306. The quantitative estimate of drug-likeness (QED) is 0.828. The zero-order valence-electron chi connectivity index (χ0n) is 13.7. The number of nitrogens with zero attached hydrogens (tertiary/aromatic N) is 1. The number of benzene rings is 2. The van der Waals surface area contributed by atoms with Gasteiger partial charge in [-0.25, -0.2) is 9.18 Å². The number of rotatable bonds is 5. The van der Waals surface area contributed by atoms with Crippen molar-refractivity contribution in [3.8, 4) is 5.75 Å². The first-order valence-corrected chi connectivity index (χ1v) is 7.73. The Kier molecular flexibility index (Phi) is 4.58. The Morgan fingerprint density at radius 2 is 1.69 bits per heavy atom. The number of amides is 3. The predicted octanol–water partition coefficient (Wildman–Crippen LogP) is 3.39.